The lowest BCUT2D eigenvalue weighted by atomic mass is 10.0. The van der Waals surface area contributed by atoms with Gasteiger partial charge >= 0.3 is 0 Å². The van der Waals surface area contributed by atoms with Crippen LogP contribution in [0.1, 0.15) is 17.2 Å². The van der Waals surface area contributed by atoms with Crippen molar-refractivity contribution in [1.82, 2.24) is 0 Å². The predicted octanol–water partition coefficient (Wildman–Crippen LogP) is 4.29. The maximum atomic E-state index is 10.4. The topological polar surface area (TPSA) is 38.7 Å². The van der Waals surface area contributed by atoms with Crippen LogP contribution in [0.2, 0.25) is 10.0 Å². The molecule has 0 aliphatic rings. The first-order valence-electron chi connectivity index (χ1n) is 6.39. The highest BCUT2D eigenvalue weighted by Gasteiger charge is 2.17. The molecule has 0 bridgehead atoms. The Balaban J connectivity index is 2.28. The summed E-state index contributed by atoms with van der Waals surface area (Å²) < 4.78 is 10.4. The molecule has 2 aromatic rings. The van der Waals surface area contributed by atoms with Gasteiger partial charge in [0.25, 0.3) is 0 Å². The molecular formula is C16H16Cl2O3. The number of ether oxygens (including phenoxy) is 2. The van der Waals surface area contributed by atoms with Gasteiger partial charge in [0.1, 0.15) is 11.5 Å². The lowest BCUT2D eigenvalue weighted by molar-refractivity contribution is 0.174. The Morgan fingerprint density at radius 3 is 2.52 bits per heavy atom. The van der Waals surface area contributed by atoms with Crippen molar-refractivity contribution in [1.29, 1.82) is 0 Å². The smallest absolute Gasteiger partial charge is 0.128 e. The maximum Gasteiger partial charge on any atom is 0.128 e. The van der Waals surface area contributed by atoms with Crippen molar-refractivity contribution in [2.45, 2.75) is 12.5 Å². The predicted molar refractivity (Wildman–Crippen MR) is 84.7 cm³/mol. The highest BCUT2D eigenvalue weighted by molar-refractivity contribution is 6.42. The zero-order valence-corrected chi connectivity index (χ0v) is 13.3. The number of halogens is 2. The SMILES string of the molecule is COc1ccc(C(O)Cc2cccc(Cl)c2Cl)c(OC)c1. The second-order valence-electron chi connectivity index (χ2n) is 4.54. The molecule has 0 aliphatic heterocycles. The van der Waals surface area contributed by atoms with E-state index in [0.717, 1.165) is 5.56 Å². The Morgan fingerprint density at radius 2 is 1.86 bits per heavy atom. The van der Waals surface area contributed by atoms with Crippen molar-refractivity contribution < 1.29 is 14.6 Å². The van der Waals surface area contributed by atoms with Crippen LogP contribution < -0.4 is 9.47 Å². The van der Waals surface area contributed by atoms with Crippen LogP contribution in [-0.2, 0) is 6.42 Å². The minimum absolute atomic E-state index is 0.349. The van der Waals surface area contributed by atoms with Crippen LogP contribution in [0, 0.1) is 0 Å². The highest BCUT2D eigenvalue weighted by Crippen LogP contribution is 2.34. The fraction of sp³-hybridized carbons (Fsp3) is 0.250. The standard InChI is InChI=1S/C16H16Cl2O3/c1-20-11-6-7-12(15(9-11)21-2)14(19)8-10-4-3-5-13(17)16(10)18/h3-7,9,14,19H,8H2,1-2H3. The van der Waals surface area contributed by atoms with Gasteiger partial charge in [0.05, 0.1) is 30.4 Å². The monoisotopic (exact) mass is 326 g/mol. The van der Waals surface area contributed by atoms with E-state index in [4.69, 9.17) is 32.7 Å². The largest absolute Gasteiger partial charge is 0.497 e. The molecule has 5 heteroatoms. The van der Waals surface area contributed by atoms with Crippen molar-refractivity contribution in [3.05, 3.63) is 57.6 Å². The Bertz CT molecular complexity index is 629. The molecule has 1 N–H and O–H groups in total. The first kappa shape index (κ1) is 16.0. The maximum absolute atomic E-state index is 10.4. The third kappa shape index (κ3) is 3.62. The third-order valence-electron chi connectivity index (χ3n) is 3.24. The third-order valence-corrected chi connectivity index (χ3v) is 4.10. The van der Waals surface area contributed by atoms with Crippen LogP contribution in [0.15, 0.2) is 36.4 Å². The number of rotatable bonds is 5. The van der Waals surface area contributed by atoms with Gasteiger partial charge in [-0.1, -0.05) is 35.3 Å². The van der Waals surface area contributed by atoms with Gasteiger partial charge < -0.3 is 14.6 Å². The molecule has 0 radical (unpaired) electrons. The van der Waals surface area contributed by atoms with Crippen LogP contribution in [0.3, 0.4) is 0 Å². The van der Waals surface area contributed by atoms with E-state index in [0.29, 0.717) is 33.5 Å². The lowest BCUT2D eigenvalue weighted by Gasteiger charge is -2.16. The summed E-state index contributed by atoms with van der Waals surface area (Å²) in [6.07, 6.45) is -0.399. The average Bonchev–Trinajstić information content (AvgIpc) is 2.51. The normalized spacial score (nSPS) is 12.0. The van der Waals surface area contributed by atoms with E-state index in [1.807, 2.05) is 12.1 Å². The molecule has 0 amide bonds. The Morgan fingerprint density at radius 1 is 1.10 bits per heavy atom. The van der Waals surface area contributed by atoms with Crippen LogP contribution in [0.25, 0.3) is 0 Å². The molecule has 112 valence electrons. The molecule has 21 heavy (non-hydrogen) atoms. The van der Waals surface area contributed by atoms with Crippen LogP contribution in [0.4, 0.5) is 0 Å². The van der Waals surface area contributed by atoms with E-state index in [1.54, 1.807) is 38.5 Å². The fourth-order valence-corrected chi connectivity index (χ4v) is 2.52. The zero-order chi connectivity index (χ0) is 15.4. The van der Waals surface area contributed by atoms with Crippen LogP contribution >= 0.6 is 23.2 Å². The summed E-state index contributed by atoms with van der Waals surface area (Å²) in [7, 11) is 3.13. The van der Waals surface area contributed by atoms with E-state index in [9.17, 15) is 5.11 Å². The number of methoxy groups -OCH3 is 2. The van der Waals surface area contributed by atoms with Gasteiger partial charge in [-0.2, -0.15) is 0 Å². The van der Waals surface area contributed by atoms with E-state index in [-0.39, 0.29) is 0 Å². The van der Waals surface area contributed by atoms with Gasteiger partial charge in [-0.05, 0) is 23.8 Å². The first-order valence-corrected chi connectivity index (χ1v) is 7.15. The van der Waals surface area contributed by atoms with Gasteiger partial charge in [-0.25, -0.2) is 0 Å². The number of benzene rings is 2. The molecule has 0 saturated carbocycles. The van der Waals surface area contributed by atoms with E-state index in [1.165, 1.54) is 0 Å². The van der Waals surface area contributed by atoms with Crippen molar-refractivity contribution in [2.24, 2.45) is 0 Å². The molecule has 0 spiro atoms. The number of hydrogen-bond acceptors (Lipinski definition) is 3. The molecule has 2 rings (SSSR count). The van der Waals surface area contributed by atoms with Crippen LogP contribution in [0.5, 0.6) is 11.5 Å². The summed E-state index contributed by atoms with van der Waals surface area (Å²) in [4.78, 5) is 0. The van der Waals surface area contributed by atoms with Gasteiger partial charge in [-0.3, -0.25) is 0 Å². The van der Waals surface area contributed by atoms with Crippen LogP contribution in [-0.4, -0.2) is 19.3 Å². The number of hydrogen-bond donors (Lipinski definition) is 1. The van der Waals surface area contributed by atoms with Gasteiger partial charge in [-0.15, -0.1) is 0 Å². The minimum atomic E-state index is -0.748. The molecule has 1 atom stereocenters. The summed E-state index contributed by atoms with van der Waals surface area (Å²) in [6.45, 7) is 0. The van der Waals surface area contributed by atoms with Gasteiger partial charge in [0.2, 0.25) is 0 Å². The van der Waals surface area contributed by atoms with Gasteiger partial charge in [0.15, 0.2) is 0 Å². The fourth-order valence-electron chi connectivity index (χ4n) is 2.12. The lowest BCUT2D eigenvalue weighted by Crippen LogP contribution is -2.05. The van der Waals surface area contributed by atoms with Crippen molar-refractivity contribution in [3.63, 3.8) is 0 Å². The highest BCUT2D eigenvalue weighted by atomic mass is 35.5. The summed E-state index contributed by atoms with van der Waals surface area (Å²) in [5.41, 5.74) is 1.46. The molecule has 0 fully saturated rings. The molecule has 1 unspecified atom stereocenters. The second-order valence-corrected chi connectivity index (χ2v) is 5.33. The molecule has 3 nitrogen and oxygen atoms in total. The Hall–Kier alpha value is -1.42. The first-order chi connectivity index (χ1) is 10.1. The van der Waals surface area contributed by atoms with Crippen molar-refractivity contribution in [2.75, 3.05) is 14.2 Å². The van der Waals surface area contributed by atoms with Crippen molar-refractivity contribution in [3.8, 4) is 11.5 Å². The molecule has 0 aliphatic carbocycles. The Labute approximate surface area is 134 Å². The molecular weight excluding hydrogens is 311 g/mol. The molecule has 0 aromatic heterocycles. The zero-order valence-electron chi connectivity index (χ0n) is 11.8. The summed E-state index contributed by atoms with van der Waals surface area (Å²) in [6, 6.07) is 10.7. The number of aliphatic hydroxyl groups excluding tert-OH is 1. The average molecular weight is 327 g/mol. The number of aliphatic hydroxyl groups is 1. The quantitative estimate of drug-likeness (QED) is 0.890. The van der Waals surface area contributed by atoms with E-state index in [2.05, 4.69) is 0 Å². The Kier molecular flexibility index (Phi) is 5.34. The second kappa shape index (κ2) is 7.03. The van der Waals surface area contributed by atoms with Crippen molar-refractivity contribution >= 4 is 23.2 Å². The molecule has 0 heterocycles. The summed E-state index contributed by atoms with van der Waals surface area (Å²) in [5.74, 6) is 1.24. The summed E-state index contributed by atoms with van der Waals surface area (Å²) in [5, 5.41) is 11.4. The summed E-state index contributed by atoms with van der Waals surface area (Å²) >= 11 is 12.1. The molecule has 0 saturated heterocycles. The van der Waals surface area contributed by atoms with E-state index >= 15 is 0 Å². The van der Waals surface area contributed by atoms with E-state index < -0.39 is 6.10 Å². The minimum Gasteiger partial charge on any atom is -0.497 e. The molecule has 2 aromatic carbocycles. The van der Waals surface area contributed by atoms with Gasteiger partial charge in [0, 0.05) is 18.1 Å².